The number of nitrogens with zero attached hydrogens (tertiary/aromatic N) is 1. The zero-order valence-electron chi connectivity index (χ0n) is 9.88. The molecule has 8 heteroatoms. The second kappa shape index (κ2) is 7.02. The average molecular weight is 273 g/mol. The number of thioether (sulfide) groups is 1. The van der Waals surface area contributed by atoms with Crippen LogP contribution in [0.3, 0.4) is 0 Å². The van der Waals surface area contributed by atoms with Crippen LogP contribution in [0, 0.1) is 6.92 Å². The minimum atomic E-state index is -1.03. The van der Waals surface area contributed by atoms with E-state index in [9.17, 15) is 9.59 Å². The molecule has 1 aromatic rings. The molecule has 0 aliphatic heterocycles. The van der Waals surface area contributed by atoms with Gasteiger partial charge in [0.25, 0.3) is 0 Å². The molecule has 0 spiro atoms. The Bertz CT molecular complexity index is 421. The number of hydrogen-bond donors (Lipinski definition) is 3. The molecule has 1 heterocycles. The minimum Gasteiger partial charge on any atom is -0.480 e. The number of rotatable bonds is 7. The first-order valence-corrected chi connectivity index (χ1v) is 6.44. The number of nitrogens with two attached hydrogens (primary N) is 1. The molecule has 0 saturated heterocycles. The van der Waals surface area contributed by atoms with Gasteiger partial charge in [-0.05, 0) is 19.1 Å². The Labute approximate surface area is 108 Å². The third-order valence-corrected chi connectivity index (χ3v) is 3.01. The maximum absolute atomic E-state index is 11.4. The zero-order chi connectivity index (χ0) is 13.5. The number of aryl methyl sites for hydroxylation is 1. The van der Waals surface area contributed by atoms with Gasteiger partial charge in [0.05, 0.1) is 5.75 Å². The summed E-state index contributed by atoms with van der Waals surface area (Å²) in [7, 11) is 0. The van der Waals surface area contributed by atoms with Gasteiger partial charge in [0.1, 0.15) is 11.8 Å². The maximum atomic E-state index is 11.4. The van der Waals surface area contributed by atoms with Crippen LogP contribution in [0.5, 0.6) is 0 Å². The van der Waals surface area contributed by atoms with E-state index in [4.69, 9.17) is 15.4 Å². The lowest BCUT2D eigenvalue weighted by Gasteiger charge is -2.05. The number of nitrogens with one attached hydrogen (secondary N) is 1. The van der Waals surface area contributed by atoms with Gasteiger partial charge in [0, 0.05) is 6.07 Å². The molecule has 4 N–H and O–H groups in total. The summed E-state index contributed by atoms with van der Waals surface area (Å²) < 4.78 is 4.80. The van der Waals surface area contributed by atoms with Crippen molar-refractivity contribution in [3.63, 3.8) is 0 Å². The highest BCUT2D eigenvalue weighted by atomic mass is 32.2. The van der Waals surface area contributed by atoms with E-state index in [2.05, 4.69) is 10.5 Å². The Morgan fingerprint density at radius 1 is 1.67 bits per heavy atom. The van der Waals surface area contributed by atoms with Crippen molar-refractivity contribution in [2.24, 2.45) is 5.73 Å². The fourth-order valence-electron chi connectivity index (χ4n) is 1.10. The van der Waals surface area contributed by atoms with E-state index < -0.39 is 12.0 Å². The Hall–Kier alpha value is -1.54. The van der Waals surface area contributed by atoms with Crippen molar-refractivity contribution in [1.29, 1.82) is 0 Å². The summed E-state index contributed by atoms with van der Waals surface area (Å²) in [5.74, 6) is 0.484. The second-order valence-corrected chi connectivity index (χ2v) is 4.76. The summed E-state index contributed by atoms with van der Waals surface area (Å²) in [5, 5.41) is 14.7. The van der Waals surface area contributed by atoms with Crippen molar-refractivity contribution >= 4 is 29.5 Å². The van der Waals surface area contributed by atoms with Crippen molar-refractivity contribution < 1.29 is 19.2 Å². The molecular weight excluding hydrogens is 258 g/mol. The number of carboxylic acids is 1. The van der Waals surface area contributed by atoms with Crippen molar-refractivity contribution in [1.82, 2.24) is 5.16 Å². The van der Waals surface area contributed by atoms with Crippen LogP contribution >= 0.6 is 11.8 Å². The number of carbonyl (C=O) groups is 2. The highest BCUT2D eigenvalue weighted by Crippen LogP contribution is 2.09. The smallest absolute Gasteiger partial charge is 0.320 e. The normalized spacial score (nSPS) is 12.1. The molecule has 100 valence electrons. The van der Waals surface area contributed by atoms with Crippen molar-refractivity contribution in [2.75, 3.05) is 16.8 Å². The zero-order valence-corrected chi connectivity index (χ0v) is 10.7. The van der Waals surface area contributed by atoms with Gasteiger partial charge in [-0.3, -0.25) is 9.59 Å². The van der Waals surface area contributed by atoms with E-state index in [0.29, 0.717) is 23.8 Å². The average Bonchev–Trinajstić information content (AvgIpc) is 2.69. The molecule has 1 amide bonds. The summed E-state index contributed by atoms with van der Waals surface area (Å²) >= 11 is 1.32. The van der Waals surface area contributed by atoms with Crippen LogP contribution in [0.15, 0.2) is 10.6 Å². The first kappa shape index (κ1) is 14.5. The number of aliphatic carboxylic acids is 1. The van der Waals surface area contributed by atoms with Crippen LogP contribution in [0.2, 0.25) is 0 Å². The van der Waals surface area contributed by atoms with Crippen molar-refractivity contribution in [3.8, 4) is 0 Å². The molecule has 0 aromatic carbocycles. The molecule has 18 heavy (non-hydrogen) atoms. The number of carbonyl (C=O) groups excluding carboxylic acids is 1. The van der Waals surface area contributed by atoms with Crippen LogP contribution in [-0.2, 0) is 9.59 Å². The lowest BCUT2D eigenvalue weighted by molar-refractivity contribution is -0.138. The van der Waals surface area contributed by atoms with Gasteiger partial charge in [0.2, 0.25) is 5.91 Å². The molecule has 0 bridgehead atoms. The third kappa shape index (κ3) is 5.19. The van der Waals surface area contributed by atoms with E-state index >= 15 is 0 Å². The predicted molar refractivity (Wildman–Crippen MR) is 67.4 cm³/mol. The Morgan fingerprint density at radius 3 is 2.94 bits per heavy atom. The van der Waals surface area contributed by atoms with E-state index in [1.165, 1.54) is 11.8 Å². The molecule has 1 rings (SSSR count). The largest absolute Gasteiger partial charge is 0.480 e. The highest BCUT2D eigenvalue weighted by Gasteiger charge is 2.11. The third-order valence-electron chi connectivity index (χ3n) is 2.02. The second-order valence-electron chi connectivity index (χ2n) is 3.66. The quantitative estimate of drug-likeness (QED) is 0.617. The number of anilines is 1. The Balaban J connectivity index is 2.16. The van der Waals surface area contributed by atoms with Crippen LogP contribution in [0.1, 0.15) is 12.2 Å². The van der Waals surface area contributed by atoms with Crippen LogP contribution in [0.25, 0.3) is 0 Å². The van der Waals surface area contributed by atoms with E-state index in [0.717, 1.165) is 0 Å². The van der Waals surface area contributed by atoms with Crippen molar-refractivity contribution in [3.05, 3.63) is 11.8 Å². The topological polar surface area (TPSA) is 118 Å². The van der Waals surface area contributed by atoms with Gasteiger partial charge >= 0.3 is 5.97 Å². The summed E-state index contributed by atoms with van der Waals surface area (Å²) in [6, 6.07) is 0.738. The molecule has 1 atom stereocenters. The molecule has 1 unspecified atom stereocenters. The molecule has 0 saturated carbocycles. The van der Waals surface area contributed by atoms with Crippen LogP contribution in [0.4, 0.5) is 5.82 Å². The maximum Gasteiger partial charge on any atom is 0.320 e. The number of carboxylic acid groups (broad SMARTS) is 1. The molecule has 0 radical (unpaired) electrons. The number of hydrogen-bond acceptors (Lipinski definition) is 6. The Kier molecular flexibility index (Phi) is 5.66. The van der Waals surface area contributed by atoms with Crippen LogP contribution < -0.4 is 11.1 Å². The fourth-order valence-corrected chi connectivity index (χ4v) is 1.93. The van der Waals surface area contributed by atoms with E-state index in [1.54, 1.807) is 13.0 Å². The number of amides is 1. The molecule has 1 aromatic heterocycles. The first-order valence-electron chi connectivity index (χ1n) is 5.28. The highest BCUT2D eigenvalue weighted by molar-refractivity contribution is 7.99. The fraction of sp³-hybridized carbons (Fsp3) is 0.500. The van der Waals surface area contributed by atoms with Crippen LogP contribution in [-0.4, -0.2) is 39.7 Å². The molecular formula is C10H15N3O4S. The van der Waals surface area contributed by atoms with Gasteiger partial charge in [0.15, 0.2) is 5.82 Å². The van der Waals surface area contributed by atoms with Gasteiger partial charge in [-0.2, -0.15) is 11.8 Å². The summed E-state index contributed by atoms with van der Waals surface area (Å²) in [5.41, 5.74) is 5.32. The van der Waals surface area contributed by atoms with Gasteiger partial charge in [-0.25, -0.2) is 0 Å². The molecule has 0 aliphatic carbocycles. The minimum absolute atomic E-state index is 0.211. The van der Waals surface area contributed by atoms with Gasteiger partial charge in [-0.15, -0.1) is 0 Å². The van der Waals surface area contributed by atoms with Crippen molar-refractivity contribution in [2.45, 2.75) is 19.4 Å². The first-order chi connectivity index (χ1) is 8.49. The molecule has 0 fully saturated rings. The standard InChI is InChI=1S/C10H15N3O4S/c1-6-4-8(13-17-6)12-9(14)5-18-3-2-7(11)10(15)16/h4,7H,2-3,5,11H2,1H3,(H,15,16)(H,12,13,14). The lowest BCUT2D eigenvalue weighted by atomic mass is 10.2. The number of aromatic nitrogens is 1. The predicted octanol–water partition coefficient (Wildman–Crippen LogP) is 0.457. The van der Waals surface area contributed by atoms with Gasteiger partial charge in [-0.1, -0.05) is 5.16 Å². The monoisotopic (exact) mass is 273 g/mol. The lowest BCUT2D eigenvalue weighted by Crippen LogP contribution is -2.30. The summed E-state index contributed by atoms with van der Waals surface area (Å²) in [6.07, 6.45) is 0.330. The summed E-state index contributed by atoms with van der Waals surface area (Å²) in [4.78, 5) is 21.9. The SMILES string of the molecule is Cc1cc(NC(=O)CSCCC(N)C(=O)O)no1. The van der Waals surface area contributed by atoms with E-state index in [1.807, 2.05) is 0 Å². The van der Waals surface area contributed by atoms with Gasteiger partial charge < -0.3 is 20.7 Å². The van der Waals surface area contributed by atoms with E-state index in [-0.39, 0.29) is 11.7 Å². The molecule has 0 aliphatic rings. The Morgan fingerprint density at radius 2 is 2.39 bits per heavy atom. The summed E-state index contributed by atoms with van der Waals surface area (Å²) in [6.45, 7) is 1.73. The molecule has 7 nitrogen and oxygen atoms in total.